The van der Waals surface area contributed by atoms with Gasteiger partial charge in [-0.05, 0) is 22.9 Å². The quantitative estimate of drug-likeness (QED) is 0.744. The first-order chi connectivity index (χ1) is 9.67. The van der Waals surface area contributed by atoms with Crippen LogP contribution in [0.1, 0.15) is 11.4 Å². The van der Waals surface area contributed by atoms with Crippen LogP contribution in [0.3, 0.4) is 0 Å². The lowest BCUT2D eigenvalue weighted by atomic mass is 10.2. The van der Waals surface area contributed by atoms with Crippen LogP contribution in [-0.2, 0) is 19.0 Å². The molecule has 2 rings (SSSR count). The van der Waals surface area contributed by atoms with Gasteiger partial charge in [0.15, 0.2) is 18.1 Å². The second kappa shape index (κ2) is 6.56. The zero-order valence-electron chi connectivity index (χ0n) is 11.5. The van der Waals surface area contributed by atoms with Crippen LogP contribution in [0.25, 0.3) is 0 Å². The van der Waals surface area contributed by atoms with Crippen LogP contribution in [0.4, 0.5) is 0 Å². The number of methoxy groups -OCH3 is 2. The van der Waals surface area contributed by atoms with E-state index in [1.165, 1.54) is 4.80 Å². The van der Waals surface area contributed by atoms with Crippen molar-refractivity contribution in [2.45, 2.75) is 11.9 Å². The maximum absolute atomic E-state index is 5.71. The third-order valence-corrected chi connectivity index (χ3v) is 3.22. The van der Waals surface area contributed by atoms with E-state index in [9.17, 15) is 0 Å². The van der Waals surface area contributed by atoms with Crippen LogP contribution >= 0.6 is 15.9 Å². The second-order valence-corrected chi connectivity index (χ2v) is 4.51. The SMILES string of the molecule is COc1cc(CBr)cc(OC)c1OCc1nnn(C)n1. The number of aryl methyl sites for hydroxylation is 1. The van der Waals surface area contributed by atoms with Crippen LogP contribution in [0, 0.1) is 0 Å². The van der Waals surface area contributed by atoms with Gasteiger partial charge in [0, 0.05) is 5.33 Å². The molecule has 1 aromatic heterocycles. The van der Waals surface area contributed by atoms with Crippen LogP contribution < -0.4 is 14.2 Å². The molecule has 2 aromatic rings. The molecular weight excluding hydrogens is 328 g/mol. The number of hydrogen-bond donors (Lipinski definition) is 0. The van der Waals surface area contributed by atoms with Gasteiger partial charge < -0.3 is 14.2 Å². The summed E-state index contributed by atoms with van der Waals surface area (Å²) < 4.78 is 16.4. The van der Waals surface area contributed by atoms with E-state index in [-0.39, 0.29) is 6.61 Å². The Bertz CT molecular complexity index is 563. The number of tetrazole rings is 1. The highest BCUT2D eigenvalue weighted by Gasteiger charge is 2.15. The van der Waals surface area contributed by atoms with Gasteiger partial charge in [-0.2, -0.15) is 4.80 Å². The molecule has 0 unspecified atom stereocenters. The van der Waals surface area contributed by atoms with Crippen LogP contribution in [0.15, 0.2) is 12.1 Å². The van der Waals surface area contributed by atoms with Crippen molar-refractivity contribution in [3.63, 3.8) is 0 Å². The van der Waals surface area contributed by atoms with Crippen LogP contribution in [0.2, 0.25) is 0 Å². The van der Waals surface area contributed by atoms with Gasteiger partial charge in [0.2, 0.25) is 11.6 Å². The summed E-state index contributed by atoms with van der Waals surface area (Å²) in [7, 11) is 4.86. The van der Waals surface area contributed by atoms with Gasteiger partial charge in [0.25, 0.3) is 0 Å². The number of alkyl halides is 1. The third-order valence-electron chi connectivity index (χ3n) is 2.57. The van der Waals surface area contributed by atoms with E-state index in [2.05, 4.69) is 31.3 Å². The molecule has 0 spiro atoms. The summed E-state index contributed by atoms with van der Waals surface area (Å²) in [6.45, 7) is 0.189. The van der Waals surface area contributed by atoms with E-state index in [1.807, 2.05) is 12.1 Å². The first-order valence-corrected chi connectivity index (χ1v) is 6.96. The number of hydrogen-bond acceptors (Lipinski definition) is 6. The summed E-state index contributed by atoms with van der Waals surface area (Å²) in [6, 6.07) is 3.77. The molecular formula is C12H15BrN4O3. The summed E-state index contributed by atoms with van der Waals surface area (Å²) in [5, 5.41) is 12.4. The Morgan fingerprint density at radius 3 is 2.30 bits per heavy atom. The Hall–Kier alpha value is -1.83. The fourth-order valence-electron chi connectivity index (χ4n) is 1.67. The topological polar surface area (TPSA) is 71.3 Å². The zero-order chi connectivity index (χ0) is 14.5. The predicted molar refractivity (Wildman–Crippen MR) is 75.3 cm³/mol. The van der Waals surface area contributed by atoms with Gasteiger partial charge in [-0.15, -0.1) is 10.2 Å². The first kappa shape index (κ1) is 14.6. The number of halogens is 1. The fourth-order valence-corrected chi connectivity index (χ4v) is 2.00. The van der Waals surface area contributed by atoms with Gasteiger partial charge in [-0.1, -0.05) is 15.9 Å². The largest absolute Gasteiger partial charge is 0.493 e. The van der Waals surface area contributed by atoms with Crippen molar-refractivity contribution in [2.24, 2.45) is 7.05 Å². The van der Waals surface area contributed by atoms with Crippen molar-refractivity contribution in [3.05, 3.63) is 23.5 Å². The molecule has 0 aliphatic carbocycles. The smallest absolute Gasteiger partial charge is 0.212 e. The van der Waals surface area contributed by atoms with E-state index < -0.39 is 0 Å². The maximum atomic E-state index is 5.71. The number of ether oxygens (including phenoxy) is 3. The molecule has 8 heteroatoms. The average Bonchev–Trinajstić information content (AvgIpc) is 2.89. The Labute approximate surface area is 125 Å². The van der Waals surface area contributed by atoms with Gasteiger partial charge in [-0.3, -0.25) is 0 Å². The summed E-state index contributed by atoms with van der Waals surface area (Å²) in [5.74, 6) is 2.21. The summed E-state index contributed by atoms with van der Waals surface area (Å²) >= 11 is 3.40. The van der Waals surface area contributed by atoms with Crippen molar-refractivity contribution in [3.8, 4) is 17.2 Å². The summed E-state index contributed by atoms with van der Waals surface area (Å²) in [6.07, 6.45) is 0. The van der Waals surface area contributed by atoms with Crippen molar-refractivity contribution in [1.29, 1.82) is 0 Å². The molecule has 1 aromatic carbocycles. The van der Waals surface area contributed by atoms with Crippen molar-refractivity contribution in [2.75, 3.05) is 14.2 Å². The van der Waals surface area contributed by atoms with Gasteiger partial charge in [0.1, 0.15) is 0 Å². The predicted octanol–water partition coefficient (Wildman–Crippen LogP) is 1.70. The van der Waals surface area contributed by atoms with Gasteiger partial charge >= 0.3 is 0 Å². The lowest BCUT2D eigenvalue weighted by Crippen LogP contribution is -2.03. The Morgan fingerprint density at radius 2 is 1.85 bits per heavy atom. The molecule has 108 valence electrons. The van der Waals surface area contributed by atoms with E-state index >= 15 is 0 Å². The Balaban J connectivity index is 2.24. The minimum absolute atomic E-state index is 0.189. The molecule has 0 aliphatic rings. The lowest BCUT2D eigenvalue weighted by Gasteiger charge is -2.14. The number of benzene rings is 1. The highest BCUT2D eigenvalue weighted by atomic mass is 79.9. The molecule has 0 saturated carbocycles. The molecule has 7 nitrogen and oxygen atoms in total. The number of rotatable bonds is 6. The molecule has 0 aliphatic heterocycles. The third kappa shape index (κ3) is 3.19. The van der Waals surface area contributed by atoms with Crippen molar-refractivity contribution >= 4 is 15.9 Å². The van der Waals surface area contributed by atoms with E-state index in [1.54, 1.807) is 21.3 Å². The summed E-state index contributed by atoms with van der Waals surface area (Å²) in [4.78, 5) is 1.38. The molecule has 20 heavy (non-hydrogen) atoms. The minimum Gasteiger partial charge on any atom is -0.493 e. The molecule has 0 atom stereocenters. The first-order valence-electron chi connectivity index (χ1n) is 5.84. The average molecular weight is 343 g/mol. The Morgan fingerprint density at radius 1 is 1.20 bits per heavy atom. The molecule has 0 bridgehead atoms. The van der Waals surface area contributed by atoms with Gasteiger partial charge in [-0.25, -0.2) is 0 Å². The normalized spacial score (nSPS) is 10.4. The van der Waals surface area contributed by atoms with Crippen molar-refractivity contribution in [1.82, 2.24) is 20.2 Å². The van der Waals surface area contributed by atoms with Crippen LogP contribution in [0.5, 0.6) is 17.2 Å². The summed E-state index contributed by atoms with van der Waals surface area (Å²) in [5.41, 5.74) is 1.03. The molecule has 0 saturated heterocycles. The standard InChI is InChI=1S/C12H15BrN4O3/c1-17-15-11(14-16-17)7-20-12-9(18-2)4-8(6-13)5-10(12)19-3/h4-5H,6-7H2,1-3H3. The number of nitrogens with zero attached hydrogens (tertiary/aromatic N) is 4. The Kier molecular flexibility index (Phi) is 4.78. The highest BCUT2D eigenvalue weighted by molar-refractivity contribution is 9.08. The molecule has 0 N–H and O–H groups in total. The fraction of sp³-hybridized carbons (Fsp3) is 0.417. The van der Waals surface area contributed by atoms with Crippen molar-refractivity contribution < 1.29 is 14.2 Å². The van der Waals surface area contributed by atoms with E-state index in [0.717, 1.165) is 5.56 Å². The molecule has 0 fully saturated rings. The molecule has 0 amide bonds. The van der Waals surface area contributed by atoms with E-state index in [0.29, 0.717) is 28.4 Å². The molecule has 0 radical (unpaired) electrons. The maximum Gasteiger partial charge on any atom is 0.212 e. The minimum atomic E-state index is 0.189. The lowest BCUT2D eigenvalue weighted by molar-refractivity contribution is 0.258. The second-order valence-electron chi connectivity index (χ2n) is 3.95. The highest BCUT2D eigenvalue weighted by Crippen LogP contribution is 2.39. The molecule has 1 heterocycles. The number of aromatic nitrogens is 4. The van der Waals surface area contributed by atoms with Crippen LogP contribution in [-0.4, -0.2) is 34.4 Å². The van der Waals surface area contributed by atoms with Gasteiger partial charge in [0.05, 0.1) is 21.3 Å². The monoisotopic (exact) mass is 342 g/mol. The zero-order valence-corrected chi connectivity index (χ0v) is 13.0. The van der Waals surface area contributed by atoms with E-state index in [4.69, 9.17) is 14.2 Å².